The summed E-state index contributed by atoms with van der Waals surface area (Å²) in [7, 11) is 0. The number of hydrogen-bond acceptors (Lipinski definition) is 3. The number of alkyl halides is 3. The summed E-state index contributed by atoms with van der Waals surface area (Å²) < 4.78 is 53.9. The van der Waals surface area contributed by atoms with Crippen LogP contribution in [0.5, 0.6) is 0 Å². The van der Waals surface area contributed by atoms with E-state index in [0.717, 1.165) is 43.3 Å². The van der Waals surface area contributed by atoms with Gasteiger partial charge in [-0.15, -0.1) is 0 Å². The molecule has 178 valence electrons. The van der Waals surface area contributed by atoms with E-state index in [1.807, 2.05) is 0 Å². The molecule has 11 heteroatoms. The van der Waals surface area contributed by atoms with Crippen LogP contribution in [0.25, 0.3) is 0 Å². The highest BCUT2D eigenvalue weighted by atomic mass is 35.5. The Kier molecular flexibility index (Phi) is 8.81. The van der Waals surface area contributed by atoms with E-state index < -0.39 is 29.5 Å². The number of aliphatic imine (C=N–C) groups is 1. The molecule has 0 spiro atoms. The van der Waals surface area contributed by atoms with Crippen molar-refractivity contribution in [2.45, 2.75) is 32.0 Å². The Morgan fingerprint density at radius 2 is 2.09 bits per heavy atom. The second-order valence-electron chi connectivity index (χ2n) is 7.45. The number of benzene rings is 1. The van der Waals surface area contributed by atoms with E-state index in [1.54, 1.807) is 6.92 Å². The number of nitrogens with two attached hydrogens (primary N) is 1. The minimum Gasteiger partial charge on any atom is -0.405 e. The number of nitrogens with zero attached hydrogens (tertiary/aromatic N) is 2. The number of amidine groups is 1. The maximum absolute atomic E-state index is 14.2. The van der Waals surface area contributed by atoms with Gasteiger partial charge in [-0.1, -0.05) is 18.2 Å². The summed E-state index contributed by atoms with van der Waals surface area (Å²) in [6.45, 7) is 5.38. The van der Waals surface area contributed by atoms with Crippen LogP contribution in [0.4, 0.5) is 17.6 Å². The Balaban J connectivity index is 2.38. The van der Waals surface area contributed by atoms with Crippen molar-refractivity contribution in [2.75, 3.05) is 6.54 Å². The van der Waals surface area contributed by atoms with E-state index in [9.17, 15) is 22.4 Å². The number of hydrogen-bond donors (Lipinski definition) is 3. The summed E-state index contributed by atoms with van der Waals surface area (Å²) in [6, 6.07) is 1.79. The third kappa shape index (κ3) is 7.45. The van der Waals surface area contributed by atoms with E-state index in [2.05, 4.69) is 16.9 Å². The van der Waals surface area contributed by atoms with Crippen LogP contribution in [0.1, 0.15) is 35.7 Å². The first-order chi connectivity index (χ1) is 15.5. The predicted octanol–water partition coefficient (Wildman–Crippen LogP) is 5.03. The Labute approximate surface area is 194 Å². The molecule has 0 heterocycles. The van der Waals surface area contributed by atoms with Gasteiger partial charge >= 0.3 is 6.18 Å². The van der Waals surface area contributed by atoms with Crippen LogP contribution in [0.3, 0.4) is 0 Å². The standard InChI is InChI=1S/C22H24ClF4N5O/c1-13(19(24)4-3-7-28)31-20(30-12-29)14(2)32(11-15-5-6-15)21(33)16-8-17(22(25,26)27)10-18(23)9-16/h3-4,7-10,12,14-15H,1,5-6,11,28H2,2H3,(H2,29,30,31)/b7-3-,19-4+. The zero-order chi connectivity index (χ0) is 24.8. The van der Waals surface area contributed by atoms with Crippen LogP contribution in [0, 0.1) is 11.3 Å². The van der Waals surface area contributed by atoms with Crippen LogP contribution >= 0.6 is 11.6 Å². The lowest BCUT2D eigenvalue weighted by molar-refractivity contribution is -0.137. The molecule has 1 amide bonds. The minimum absolute atomic E-state index is 0.0161. The Bertz CT molecular complexity index is 999. The molecule has 0 aliphatic heterocycles. The summed E-state index contributed by atoms with van der Waals surface area (Å²) in [5.74, 6) is -1.27. The molecule has 0 bridgehead atoms. The van der Waals surface area contributed by atoms with Crippen molar-refractivity contribution in [3.63, 3.8) is 0 Å². The number of halogens is 5. The van der Waals surface area contributed by atoms with Gasteiger partial charge in [-0.25, -0.2) is 9.38 Å². The van der Waals surface area contributed by atoms with Crippen molar-refractivity contribution in [2.24, 2.45) is 16.6 Å². The first kappa shape index (κ1) is 26.1. The zero-order valence-corrected chi connectivity index (χ0v) is 18.6. The summed E-state index contributed by atoms with van der Waals surface area (Å²) in [5.41, 5.74) is 3.71. The molecule has 33 heavy (non-hydrogen) atoms. The topological polar surface area (TPSA) is 94.6 Å². The van der Waals surface area contributed by atoms with E-state index in [0.29, 0.717) is 6.34 Å². The fraction of sp³-hybridized carbons (Fsp3) is 0.318. The molecule has 1 unspecified atom stereocenters. The van der Waals surface area contributed by atoms with Crippen LogP contribution in [-0.4, -0.2) is 35.6 Å². The van der Waals surface area contributed by atoms with Gasteiger partial charge in [0.2, 0.25) is 0 Å². The van der Waals surface area contributed by atoms with Gasteiger partial charge in [-0.3, -0.25) is 10.2 Å². The molecule has 1 aliphatic rings. The van der Waals surface area contributed by atoms with E-state index in [-0.39, 0.29) is 34.6 Å². The average molecular weight is 486 g/mol. The van der Waals surface area contributed by atoms with Crippen molar-refractivity contribution in [3.05, 3.63) is 70.8 Å². The van der Waals surface area contributed by atoms with Crippen molar-refractivity contribution in [3.8, 4) is 0 Å². The van der Waals surface area contributed by atoms with E-state index in [4.69, 9.17) is 22.7 Å². The fourth-order valence-electron chi connectivity index (χ4n) is 2.95. The lowest BCUT2D eigenvalue weighted by atomic mass is 10.1. The van der Waals surface area contributed by atoms with Crippen LogP contribution in [0.15, 0.2) is 59.6 Å². The number of carbonyl (C=O) groups excluding carboxylic acids is 1. The van der Waals surface area contributed by atoms with Gasteiger partial charge in [-0.05, 0) is 62.2 Å². The monoisotopic (exact) mass is 485 g/mol. The molecule has 1 atom stereocenters. The summed E-state index contributed by atoms with van der Waals surface area (Å²) in [6.07, 6.45) is 1.17. The van der Waals surface area contributed by atoms with Crippen molar-refractivity contribution < 1.29 is 22.4 Å². The molecular formula is C22H24ClF4N5O. The smallest absolute Gasteiger partial charge is 0.405 e. The summed E-state index contributed by atoms with van der Waals surface area (Å²) in [5, 5.41) is 9.73. The van der Waals surface area contributed by atoms with Gasteiger partial charge in [0.1, 0.15) is 18.0 Å². The van der Waals surface area contributed by atoms with Gasteiger partial charge < -0.3 is 16.0 Å². The molecule has 0 saturated heterocycles. The van der Waals surface area contributed by atoms with E-state index in [1.165, 1.54) is 11.0 Å². The zero-order valence-electron chi connectivity index (χ0n) is 17.8. The molecule has 0 aromatic heterocycles. The Morgan fingerprint density at radius 3 is 2.64 bits per heavy atom. The van der Waals surface area contributed by atoms with Gasteiger partial charge in [0, 0.05) is 17.1 Å². The van der Waals surface area contributed by atoms with Gasteiger partial charge in [0.05, 0.1) is 17.3 Å². The van der Waals surface area contributed by atoms with Crippen molar-refractivity contribution in [1.82, 2.24) is 10.2 Å². The lowest BCUT2D eigenvalue weighted by Crippen LogP contribution is -2.48. The molecule has 1 saturated carbocycles. The first-order valence-corrected chi connectivity index (χ1v) is 10.3. The minimum atomic E-state index is -4.68. The van der Waals surface area contributed by atoms with Crippen molar-refractivity contribution >= 4 is 29.7 Å². The summed E-state index contributed by atoms with van der Waals surface area (Å²) in [4.78, 5) is 18.5. The van der Waals surface area contributed by atoms with Crippen LogP contribution in [0.2, 0.25) is 5.02 Å². The number of amides is 1. The molecule has 6 nitrogen and oxygen atoms in total. The quantitative estimate of drug-likeness (QED) is 0.198. The second-order valence-corrected chi connectivity index (χ2v) is 7.89. The molecule has 4 N–H and O–H groups in total. The van der Waals surface area contributed by atoms with Crippen LogP contribution < -0.4 is 11.1 Å². The molecular weight excluding hydrogens is 462 g/mol. The Hall–Kier alpha value is -3.14. The number of rotatable bonds is 9. The highest BCUT2D eigenvalue weighted by Gasteiger charge is 2.35. The molecule has 1 aromatic carbocycles. The third-order valence-corrected chi connectivity index (χ3v) is 5.09. The maximum Gasteiger partial charge on any atom is 0.416 e. The second kappa shape index (κ2) is 11.1. The lowest BCUT2D eigenvalue weighted by Gasteiger charge is -2.31. The molecule has 0 radical (unpaired) electrons. The Morgan fingerprint density at radius 1 is 1.42 bits per heavy atom. The van der Waals surface area contributed by atoms with Crippen LogP contribution in [-0.2, 0) is 6.18 Å². The number of carbonyl (C=O) groups is 1. The molecule has 1 aliphatic carbocycles. The molecule has 2 rings (SSSR count). The third-order valence-electron chi connectivity index (χ3n) is 4.87. The largest absolute Gasteiger partial charge is 0.416 e. The molecule has 1 fully saturated rings. The summed E-state index contributed by atoms with van der Waals surface area (Å²) >= 11 is 5.85. The van der Waals surface area contributed by atoms with E-state index >= 15 is 0 Å². The predicted molar refractivity (Wildman–Crippen MR) is 121 cm³/mol. The van der Waals surface area contributed by atoms with Gasteiger partial charge in [0.25, 0.3) is 5.91 Å². The SMILES string of the molecule is C=C(N/C(=N\C=N)C(C)N(CC1CC1)C(=O)c1cc(Cl)cc(C(F)(F)F)c1)/C(F)=C\C=C/N. The maximum atomic E-state index is 14.2. The van der Waals surface area contributed by atoms with Crippen molar-refractivity contribution in [1.29, 1.82) is 5.41 Å². The fourth-order valence-corrected chi connectivity index (χ4v) is 3.19. The highest BCUT2D eigenvalue weighted by Crippen LogP contribution is 2.34. The average Bonchev–Trinajstić information content (AvgIpc) is 3.57. The normalized spacial score (nSPS) is 15.9. The number of allylic oxidation sites excluding steroid dienone is 3. The van der Waals surface area contributed by atoms with Gasteiger partial charge in [0.15, 0.2) is 0 Å². The highest BCUT2D eigenvalue weighted by molar-refractivity contribution is 6.31. The number of nitrogens with one attached hydrogen (secondary N) is 2. The molecule has 1 aromatic rings. The first-order valence-electron chi connectivity index (χ1n) is 9.93. The van der Waals surface area contributed by atoms with Gasteiger partial charge in [-0.2, -0.15) is 13.2 Å².